The van der Waals surface area contributed by atoms with E-state index in [4.69, 9.17) is 18.9 Å². The largest absolute Gasteiger partial charge is 0.422 e. The van der Waals surface area contributed by atoms with E-state index in [1.807, 2.05) is 0 Å². The Balaban J connectivity index is 2.35. The Hall–Kier alpha value is -5.78. The number of hydrogen-bond donors (Lipinski definition) is 0. The van der Waals surface area contributed by atoms with E-state index < -0.39 is 92.4 Å². The summed E-state index contributed by atoms with van der Waals surface area (Å²) in [5, 5.41) is 0. The normalized spacial score (nSPS) is 10.4. The van der Waals surface area contributed by atoms with E-state index in [1.165, 1.54) is 27.7 Å². The molecule has 12 heteroatoms. The molecule has 0 aromatic heterocycles. The zero-order chi connectivity index (χ0) is 34.6. The third kappa shape index (κ3) is 7.46. The van der Waals surface area contributed by atoms with Crippen molar-refractivity contribution in [2.75, 3.05) is 0 Å². The summed E-state index contributed by atoms with van der Waals surface area (Å²) in [6.45, 7) is 18.8. The van der Waals surface area contributed by atoms with Gasteiger partial charge in [0.05, 0.1) is 0 Å². The molecule has 0 unspecified atom stereocenters. The molecule has 0 atom stereocenters. The Morgan fingerprint density at radius 3 is 0.957 bits per heavy atom. The van der Waals surface area contributed by atoms with E-state index in [0.717, 1.165) is 36.4 Å². The molecule has 0 radical (unpaired) electrons. The molecule has 0 spiro atoms. The summed E-state index contributed by atoms with van der Waals surface area (Å²) in [7, 11) is 0. The number of hydrogen-bond acceptors (Lipinski definition) is 8. The molecule has 0 aliphatic carbocycles. The van der Waals surface area contributed by atoms with Crippen LogP contribution in [-0.2, 0) is 19.2 Å². The lowest BCUT2D eigenvalue weighted by atomic mass is 9.96. The predicted octanol–water partition coefficient (Wildman–Crippen LogP) is 7.50. The summed E-state index contributed by atoms with van der Waals surface area (Å²) in [5.74, 6) is -13.2. The van der Waals surface area contributed by atoms with E-state index in [2.05, 4.69) is 26.3 Å². The standard InChI is InChI=1S/C34H26F4O8/c1-15(2)31(39)43-23-11-9-19(27(35)29(23)37)21-13-26(46-34(42)18(7)8)22(14-25(21)45-33(41)17(5)6)20-10-12-24(30(38)28(20)36)44-32(40)16(3)4/h9-14H,1,3,5,7H2,2,4,6,8H3. The minimum Gasteiger partial charge on any atom is -0.422 e. The number of benzene rings is 3. The van der Waals surface area contributed by atoms with Gasteiger partial charge in [-0.2, -0.15) is 8.78 Å². The second-order valence-corrected chi connectivity index (χ2v) is 10.0. The Kier molecular flexibility index (Phi) is 10.5. The van der Waals surface area contributed by atoms with Crippen LogP contribution in [0.1, 0.15) is 27.7 Å². The second-order valence-electron chi connectivity index (χ2n) is 10.0. The Morgan fingerprint density at radius 1 is 0.435 bits per heavy atom. The molecule has 0 bridgehead atoms. The number of esters is 4. The van der Waals surface area contributed by atoms with Crippen LogP contribution in [0.2, 0.25) is 0 Å². The summed E-state index contributed by atoms with van der Waals surface area (Å²) >= 11 is 0. The molecular formula is C34H26F4O8. The van der Waals surface area contributed by atoms with Gasteiger partial charge < -0.3 is 18.9 Å². The summed E-state index contributed by atoms with van der Waals surface area (Å²) in [6.07, 6.45) is 0. The first kappa shape index (κ1) is 34.7. The molecule has 0 fully saturated rings. The number of carbonyl (C=O) groups excluding carboxylic acids is 4. The summed E-state index contributed by atoms with van der Waals surface area (Å²) < 4.78 is 81.5. The molecule has 46 heavy (non-hydrogen) atoms. The zero-order valence-corrected chi connectivity index (χ0v) is 25.1. The lowest BCUT2D eigenvalue weighted by molar-refractivity contribution is -0.131. The van der Waals surface area contributed by atoms with Gasteiger partial charge in [-0.05, 0) is 64.1 Å². The second kappa shape index (κ2) is 13.9. The molecule has 0 N–H and O–H groups in total. The zero-order valence-electron chi connectivity index (χ0n) is 25.1. The van der Waals surface area contributed by atoms with Crippen molar-refractivity contribution in [1.29, 1.82) is 0 Å². The highest BCUT2D eigenvalue weighted by molar-refractivity contribution is 5.94. The number of ether oxygens (including phenoxy) is 4. The fraction of sp³-hybridized carbons (Fsp3) is 0.118. The SMILES string of the molecule is C=C(C)C(=O)Oc1cc(-c2ccc(OC(=O)C(=C)C)c(F)c2F)c(OC(=O)C(=C)C)cc1-c1ccc(OC(=O)C(=C)C)c(F)c1F. The summed E-state index contributed by atoms with van der Waals surface area (Å²) in [4.78, 5) is 48.9. The summed E-state index contributed by atoms with van der Waals surface area (Å²) in [5.41, 5.74) is -2.39. The molecule has 3 aromatic rings. The molecule has 238 valence electrons. The van der Waals surface area contributed by atoms with Gasteiger partial charge in [0.2, 0.25) is 11.6 Å². The van der Waals surface area contributed by atoms with Crippen molar-refractivity contribution in [2.45, 2.75) is 27.7 Å². The molecule has 0 aliphatic heterocycles. The van der Waals surface area contributed by atoms with Crippen LogP contribution in [0.3, 0.4) is 0 Å². The molecule has 0 heterocycles. The van der Waals surface area contributed by atoms with Gasteiger partial charge in [-0.1, -0.05) is 26.3 Å². The van der Waals surface area contributed by atoms with Crippen LogP contribution in [0.25, 0.3) is 22.3 Å². The van der Waals surface area contributed by atoms with Crippen LogP contribution >= 0.6 is 0 Å². The van der Waals surface area contributed by atoms with Gasteiger partial charge in [0, 0.05) is 44.5 Å². The average Bonchev–Trinajstić information content (AvgIpc) is 2.98. The Labute approximate surface area is 260 Å². The first-order valence-electron chi connectivity index (χ1n) is 13.1. The van der Waals surface area contributed by atoms with Gasteiger partial charge >= 0.3 is 23.9 Å². The topological polar surface area (TPSA) is 105 Å². The van der Waals surface area contributed by atoms with Gasteiger partial charge in [0.15, 0.2) is 23.1 Å². The van der Waals surface area contributed by atoms with Crippen molar-refractivity contribution in [2.24, 2.45) is 0 Å². The molecule has 0 saturated heterocycles. The monoisotopic (exact) mass is 638 g/mol. The van der Waals surface area contributed by atoms with Crippen LogP contribution in [0.15, 0.2) is 85.0 Å². The average molecular weight is 639 g/mol. The quantitative estimate of drug-likeness (QED) is 0.0973. The highest BCUT2D eigenvalue weighted by Crippen LogP contribution is 2.45. The maximum Gasteiger partial charge on any atom is 0.338 e. The van der Waals surface area contributed by atoms with Crippen LogP contribution in [0.5, 0.6) is 23.0 Å². The Morgan fingerprint density at radius 2 is 0.696 bits per heavy atom. The van der Waals surface area contributed by atoms with E-state index in [1.54, 1.807) is 0 Å². The van der Waals surface area contributed by atoms with Crippen molar-refractivity contribution in [3.63, 3.8) is 0 Å². The van der Waals surface area contributed by atoms with Crippen LogP contribution in [0.4, 0.5) is 17.6 Å². The smallest absolute Gasteiger partial charge is 0.338 e. The van der Waals surface area contributed by atoms with Crippen LogP contribution in [0, 0.1) is 23.3 Å². The first-order valence-corrected chi connectivity index (χ1v) is 13.1. The molecule has 3 rings (SSSR count). The van der Waals surface area contributed by atoms with Crippen molar-refractivity contribution in [3.8, 4) is 45.3 Å². The van der Waals surface area contributed by atoms with E-state index in [0.29, 0.717) is 0 Å². The van der Waals surface area contributed by atoms with Gasteiger partial charge in [0.1, 0.15) is 11.5 Å². The fourth-order valence-corrected chi connectivity index (χ4v) is 3.53. The minimum absolute atomic E-state index is 0.0943. The third-order valence-electron chi connectivity index (χ3n) is 5.96. The third-order valence-corrected chi connectivity index (χ3v) is 5.96. The highest BCUT2D eigenvalue weighted by atomic mass is 19.2. The van der Waals surface area contributed by atoms with Gasteiger partial charge in [-0.3, -0.25) is 0 Å². The maximum absolute atomic E-state index is 15.5. The molecular weight excluding hydrogens is 612 g/mol. The fourth-order valence-electron chi connectivity index (χ4n) is 3.53. The lowest BCUT2D eigenvalue weighted by Gasteiger charge is -2.18. The molecule has 0 amide bonds. The van der Waals surface area contributed by atoms with Gasteiger partial charge in [-0.15, -0.1) is 0 Å². The van der Waals surface area contributed by atoms with Crippen LogP contribution in [-0.4, -0.2) is 23.9 Å². The van der Waals surface area contributed by atoms with E-state index in [-0.39, 0.29) is 22.3 Å². The molecule has 0 saturated carbocycles. The van der Waals surface area contributed by atoms with E-state index >= 15 is 17.6 Å². The first-order chi connectivity index (χ1) is 21.4. The lowest BCUT2D eigenvalue weighted by Crippen LogP contribution is -2.13. The summed E-state index contributed by atoms with van der Waals surface area (Å²) in [6, 6.07) is 5.60. The van der Waals surface area contributed by atoms with E-state index in [9.17, 15) is 19.2 Å². The number of halogens is 4. The predicted molar refractivity (Wildman–Crippen MR) is 159 cm³/mol. The number of carbonyl (C=O) groups is 4. The molecule has 0 aliphatic rings. The van der Waals surface area contributed by atoms with Crippen molar-refractivity contribution >= 4 is 23.9 Å². The van der Waals surface area contributed by atoms with Crippen molar-refractivity contribution in [3.05, 3.63) is 108 Å². The van der Waals surface area contributed by atoms with Crippen molar-refractivity contribution in [1.82, 2.24) is 0 Å². The molecule has 3 aromatic carbocycles. The van der Waals surface area contributed by atoms with Crippen molar-refractivity contribution < 1.29 is 55.7 Å². The minimum atomic E-state index is -1.61. The highest BCUT2D eigenvalue weighted by Gasteiger charge is 2.27. The van der Waals surface area contributed by atoms with Crippen LogP contribution < -0.4 is 18.9 Å². The van der Waals surface area contributed by atoms with Gasteiger partial charge in [0.25, 0.3) is 0 Å². The maximum atomic E-state index is 15.5. The number of rotatable bonds is 10. The molecule has 8 nitrogen and oxygen atoms in total. The van der Waals surface area contributed by atoms with Gasteiger partial charge in [-0.25, -0.2) is 28.0 Å². The Bertz CT molecular complexity index is 1740.